The van der Waals surface area contributed by atoms with Crippen LogP contribution in [0.25, 0.3) is 10.2 Å². The number of rotatable bonds is 8. The Hall–Kier alpha value is -2.64. The number of methoxy groups -OCH3 is 2. The lowest BCUT2D eigenvalue weighted by molar-refractivity contribution is -0.885. The van der Waals surface area contributed by atoms with Crippen LogP contribution in [0.3, 0.4) is 0 Å². The van der Waals surface area contributed by atoms with Crippen LogP contribution in [0.4, 0.5) is 0 Å². The summed E-state index contributed by atoms with van der Waals surface area (Å²) in [4.78, 5) is 20.5. The number of aryl methyl sites for hydroxylation is 1. The molecule has 3 rings (SSSR count). The normalized spacial score (nSPS) is 13.1. The number of carbonyl (C=O) groups is 1. The summed E-state index contributed by atoms with van der Waals surface area (Å²) in [5, 5.41) is 0.959. The molecule has 0 aliphatic heterocycles. The van der Waals surface area contributed by atoms with Gasteiger partial charge in [-0.25, -0.2) is 4.98 Å². The van der Waals surface area contributed by atoms with Gasteiger partial charge in [-0.1, -0.05) is 12.1 Å². The molecule has 1 N–H and O–H groups in total. The predicted molar refractivity (Wildman–Crippen MR) is 121 cm³/mol. The summed E-state index contributed by atoms with van der Waals surface area (Å²) in [6, 6.07) is 12.0. The Labute approximate surface area is 182 Å². The van der Waals surface area contributed by atoms with Gasteiger partial charge in [0.25, 0.3) is 5.91 Å². The third kappa shape index (κ3) is 4.74. The molecule has 0 aliphatic rings. The number of nitrogens with zero attached hydrogens (tertiary/aromatic N) is 2. The molecule has 0 aliphatic carbocycles. The maximum Gasteiger partial charge on any atom is 0.278 e. The molecule has 1 heterocycles. The van der Waals surface area contributed by atoms with Gasteiger partial charge in [0.05, 0.1) is 37.5 Å². The summed E-state index contributed by atoms with van der Waals surface area (Å²) in [7, 11) is 7.16. The van der Waals surface area contributed by atoms with Crippen molar-refractivity contribution >= 4 is 27.5 Å². The Morgan fingerprint density at radius 3 is 2.53 bits per heavy atom. The first-order valence-electron chi connectivity index (χ1n) is 9.98. The predicted octanol–water partition coefficient (Wildman–Crippen LogP) is 2.86. The standard InChI is InChI=1S/C23H29N3O3S/c1-15-11-19(28-5)20(29-6)12-17(15)13-25(3)14-22(27)26(4)16(2)23-24-18-9-7-8-10-21(18)30-23/h7-12,16H,13-14H2,1-6H3/p+1/t16-/m0/s1. The fourth-order valence-electron chi connectivity index (χ4n) is 3.43. The number of thiazole rings is 1. The van der Waals surface area contributed by atoms with E-state index in [1.54, 1.807) is 30.5 Å². The van der Waals surface area contributed by atoms with Crippen LogP contribution in [0.2, 0.25) is 0 Å². The van der Waals surface area contributed by atoms with Gasteiger partial charge >= 0.3 is 0 Å². The third-order valence-corrected chi connectivity index (χ3v) is 6.64. The molecule has 30 heavy (non-hydrogen) atoms. The van der Waals surface area contributed by atoms with E-state index in [0.29, 0.717) is 12.3 Å². The maximum absolute atomic E-state index is 12.9. The number of quaternary nitrogens is 1. The SMILES string of the molecule is COc1cc(C)c(C[NH+](C)CC(=O)N(C)[C@@H](C)c2nc3ccccc3s2)cc1OC. The number of aromatic nitrogens is 1. The van der Waals surface area contributed by atoms with E-state index in [-0.39, 0.29) is 11.9 Å². The summed E-state index contributed by atoms with van der Waals surface area (Å²) in [5.41, 5.74) is 3.24. The van der Waals surface area contributed by atoms with Gasteiger partial charge in [-0.2, -0.15) is 0 Å². The zero-order chi connectivity index (χ0) is 21.8. The number of likely N-dealkylation sites (N-methyl/N-ethyl adjacent to an activating group) is 2. The fourth-order valence-corrected chi connectivity index (χ4v) is 4.50. The molecule has 1 aromatic heterocycles. The summed E-state index contributed by atoms with van der Waals surface area (Å²) in [6.45, 7) is 5.21. The van der Waals surface area contributed by atoms with Gasteiger partial charge in [-0.15, -0.1) is 11.3 Å². The van der Waals surface area contributed by atoms with Gasteiger partial charge in [-0.05, 0) is 43.7 Å². The van der Waals surface area contributed by atoms with E-state index in [4.69, 9.17) is 14.5 Å². The van der Waals surface area contributed by atoms with Crippen LogP contribution in [-0.4, -0.2) is 50.7 Å². The molecule has 1 amide bonds. The maximum atomic E-state index is 12.9. The largest absolute Gasteiger partial charge is 0.493 e. The lowest BCUT2D eigenvalue weighted by Crippen LogP contribution is -3.08. The number of nitrogens with one attached hydrogen (secondary N) is 1. The lowest BCUT2D eigenvalue weighted by atomic mass is 10.1. The molecule has 0 fully saturated rings. The number of benzene rings is 2. The van der Waals surface area contributed by atoms with Crippen molar-refractivity contribution in [2.45, 2.75) is 26.4 Å². The quantitative estimate of drug-likeness (QED) is 0.600. The van der Waals surface area contributed by atoms with Crippen molar-refractivity contribution in [3.05, 3.63) is 52.5 Å². The molecule has 0 radical (unpaired) electrons. The zero-order valence-electron chi connectivity index (χ0n) is 18.5. The number of hydrogen-bond acceptors (Lipinski definition) is 5. The van der Waals surface area contributed by atoms with Crippen LogP contribution in [0, 0.1) is 6.92 Å². The number of carbonyl (C=O) groups excluding carboxylic acids is 1. The molecule has 6 nitrogen and oxygen atoms in total. The Bertz CT molecular complexity index is 1000. The Balaban J connectivity index is 1.66. The van der Waals surface area contributed by atoms with Gasteiger partial charge in [0, 0.05) is 12.6 Å². The topological polar surface area (TPSA) is 56.1 Å². The number of hydrogen-bond donors (Lipinski definition) is 1. The van der Waals surface area contributed by atoms with E-state index in [2.05, 4.69) is 6.07 Å². The average Bonchev–Trinajstić information content (AvgIpc) is 3.17. The van der Waals surface area contributed by atoms with E-state index in [1.165, 1.54) is 0 Å². The van der Waals surface area contributed by atoms with Gasteiger partial charge < -0.3 is 19.3 Å². The highest BCUT2D eigenvalue weighted by molar-refractivity contribution is 7.18. The van der Waals surface area contributed by atoms with Crippen molar-refractivity contribution in [1.82, 2.24) is 9.88 Å². The lowest BCUT2D eigenvalue weighted by Gasteiger charge is -2.25. The minimum atomic E-state index is -0.0643. The van der Waals surface area contributed by atoms with Crippen LogP contribution in [0.15, 0.2) is 36.4 Å². The monoisotopic (exact) mass is 428 g/mol. The molecule has 160 valence electrons. The molecule has 0 saturated heterocycles. The molecular weight excluding hydrogens is 398 g/mol. The van der Waals surface area contributed by atoms with E-state index in [9.17, 15) is 4.79 Å². The second-order valence-corrected chi connectivity index (χ2v) is 8.71. The van der Waals surface area contributed by atoms with E-state index in [0.717, 1.165) is 43.5 Å². The molecule has 7 heteroatoms. The highest BCUT2D eigenvalue weighted by Crippen LogP contribution is 2.30. The van der Waals surface area contributed by atoms with E-state index >= 15 is 0 Å². The second kappa shape index (κ2) is 9.45. The first kappa shape index (κ1) is 22.1. The summed E-state index contributed by atoms with van der Waals surface area (Å²) >= 11 is 1.64. The molecule has 0 spiro atoms. The number of amides is 1. The van der Waals surface area contributed by atoms with Crippen molar-refractivity contribution in [2.24, 2.45) is 0 Å². The summed E-state index contributed by atoms with van der Waals surface area (Å²) < 4.78 is 11.9. The first-order chi connectivity index (χ1) is 14.3. The van der Waals surface area contributed by atoms with Crippen LogP contribution in [0.1, 0.15) is 29.1 Å². The fraction of sp³-hybridized carbons (Fsp3) is 0.391. The van der Waals surface area contributed by atoms with Gasteiger partial charge in [0.2, 0.25) is 0 Å². The van der Waals surface area contributed by atoms with E-state index < -0.39 is 0 Å². The van der Waals surface area contributed by atoms with Crippen molar-refractivity contribution < 1.29 is 19.2 Å². The Morgan fingerprint density at radius 2 is 1.87 bits per heavy atom. The van der Waals surface area contributed by atoms with Gasteiger partial charge in [-0.3, -0.25) is 4.79 Å². The molecule has 2 aromatic carbocycles. The molecule has 1 unspecified atom stereocenters. The summed E-state index contributed by atoms with van der Waals surface area (Å²) in [5.74, 6) is 1.52. The molecular formula is C23H30N3O3S+. The molecule has 3 aromatic rings. The van der Waals surface area contributed by atoms with Crippen LogP contribution in [-0.2, 0) is 11.3 Å². The van der Waals surface area contributed by atoms with E-state index in [1.807, 2.05) is 58.3 Å². The Morgan fingerprint density at radius 1 is 1.20 bits per heavy atom. The minimum Gasteiger partial charge on any atom is -0.493 e. The first-order valence-corrected chi connectivity index (χ1v) is 10.8. The van der Waals surface area contributed by atoms with Crippen LogP contribution >= 0.6 is 11.3 Å². The number of fused-ring (bicyclic) bond motifs is 1. The smallest absolute Gasteiger partial charge is 0.278 e. The highest BCUT2D eigenvalue weighted by atomic mass is 32.1. The van der Waals surface area contributed by atoms with Crippen LogP contribution < -0.4 is 14.4 Å². The van der Waals surface area contributed by atoms with Gasteiger partial charge in [0.15, 0.2) is 18.0 Å². The Kier molecular flexibility index (Phi) is 6.95. The third-order valence-electron chi connectivity index (χ3n) is 5.43. The average molecular weight is 429 g/mol. The minimum absolute atomic E-state index is 0.0643. The van der Waals surface area contributed by atoms with Crippen LogP contribution in [0.5, 0.6) is 11.5 Å². The molecule has 0 bridgehead atoms. The zero-order valence-corrected chi connectivity index (χ0v) is 19.3. The summed E-state index contributed by atoms with van der Waals surface area (Å²) in [6.07, 6.45) is 0. The van der Waals surface area contributed by atoms with Gasteiger partial charge in [0.1, 0.15) is 11.6 Å². The number of para-hydroxylation sites is 1. The second-order valence-electron chi connectivity index (χ2n) is 7.64. The van der Waals surface area contributed by atoms with Crippen molar-refractivity contribution in [3.8, 4) is 11.5 Å². The number of ether oxygens (including phenoxy) is 2. The van der Waals surface area contributed by atoms with Crippen molar-refractivity contribution in [2.75, 3.05) is 34.9 Å². The van der Waals surface area contributed by atoms with Crippen molar-refractivity contribution in [1.29, 1.82) is 0 Å². The highest BCUT2D eigenvalue weighted by Gasteiger charge is 2.23. The van der Waals surface area contributed by atoms with Crippen molar-refractivity contribution in [3.63, 3.8) is 0 Å². The molecule has 0 saturated carbocycles. The molecule has 2 atom stereocenters.